The lowest BCUT2D eigenvalue weighted by molar-refractivity contribution is -0.147. The summed E-state index contributed by atoms with van der Waals surface area (Å²) in [4.78, 5) is 36.0. The summed E-state index contributed by atoms with van der Waals surface area (Å²) in [6, 6.07) is 17.9. The van der Waals surface area contributed by atoms with Gasteiger partial charge in [-0.25, -0.2) is 0 Å². The van der Waals surface area contributed by atoms with Gasteiger partial charge in [0.1, 0.15) is 11.5 Å². The standard InChI is InChI=1S/C27H27ClN2O5/c1-17-5-9-23(14-19(17)3)35-22-10-7-20(8-11-22)29-25(31)12-13-27(33)34-16-26(32)30-21-6-4-18(2)24(28)15-21/h4-11,14-15H,12-13,16H2,1-3H3,(H,29,31)(H,30,32). The number of halogens is 1. The molecule has 0 saturated carbocycles. The van der Waals surface area contributed by atoms with E-state index >= 15 is 0 Å². The smallest absolute Gasteiger partial charge is 0.306 e. The van der Waals surface area contributed by atoms with Crippen LogP contribution in [0, 0.1) is 20.8 Å². The van der Waals surface area contributed by atoms with E-state index in [1.807, 2.05) is 39.0 Å². The minimum Gasteiger partial charge on any atom is -0.457 e. The quantitative estimate of drug-likeness (QED) is 0.358. The number of anilines is 2. The third kappa shape index (κ3) is 8.15. The summed E-state index contributed by atoms with van der Waals surface area (Å²) < 4.78 is 10.8. The van der Waals surface area contributed by atoms with Crippen LogP contribution in [0.25, 0.3) is 0 Å². The molecule has 0 heterocycles. The molecule has 3 aromatic carbocycles. The second-order valence-corrected chi connectivity index (χ2v) is 8.50. The second-order valence-electron chi connectivity index (χ2n) is 8.09. The molecule has 0 aromatic heterocycles. The van der Waals surface area contributed by atoms with Crippen LogP contribution in [0.4, 0.5) is 11.4 Å². The highest BCUT2D eigenvalue weighted by Gasteiger charge is 2.12. The molecule has 0 atom stereocenters. The first kappa shape index (κ1) is 25.8. The number of rotatable bonds is 9. The maximum Gasteiger partial charge on any atom is 0.306 e. The first-order chi connectivity index (χ1) is 16.7. The van der Waals surface area contributed by atoms with E-state index in [2.05, 4.69) is 10.6 Å². The molecule has 3 rings (SSSR count). The van der Waals surface area contributed by atoms with Gasteiger partial charge in [-0.05, 0) is 86.0 Å². The number of benzene rings is 3. The predicted octanol–water partition coefficient (Wildman–Crippen LogP) is 5.96. The summed E-state index contributed by atoms with van der Waals surface area (Å²) in [7, 11) is 0. The van der Waals surface area contributed by atoms with Gasteiger partial charge < -0.3 is 20.1 Å². The molecule has 0 unspecified atom stereocenters. The molecule has 0 saturated heterocycles. The van der Waals surface area contributed by atoms with Crippen molar-refractivity contribution in [3.8, 4) is 11.5 Å². The maximum absolute atomic E-state index is 12.2. The average molecular weight is 495 g/mol. The van der Waals surface area contributed by atoms with E-state index in [0.717, 1.165) is 16.9 Å². The highest BCUT2D eigenvalue weighted by molar-refractivity contribution is 6.31. The average Bonchev–Trinajstić information content (AvgIpc) is 2.82. The van der Waals surface area contributed by atoms with Crippen LogP contribution in [0.3, 0.4) is 0 Å². The van der Waals surface area contributed by atoms with Gasteiger partial charge in [0.25, 0.3) is 5.91 Å². The van der Waals surface area contributed by atoms with Gasteiger partial charge >= 0.3 is 5.97 Å². The van der Waals surface area contributed by atoms with Crippen molar-refractivity contribution < 1.29 is 23.9 Å². The van der Waals surface area contributed by atoms with Crippen molar-refractivity contribution in [3.05, 3.63) is 82.4 Å². The Kier molecular flexibility index (Phi) is 8.86. The highest BCUT2D eigenvalue weighted by atomic mass is 35.5. The molecular weight excluding hydrogens is 468 g/mol. The number of aryl methyl sites for hydroxylation is 3. The lowest BCUT2D eigenvalue weighted by Crippen LogP contribution is -2.21. The molecule has 182 valence electrons. The third-order valence-electron chi connectivity index (χ3n) is 5.23. The molecule has 0 spiro atoms. The highest BCUT2D eigenvalue weighted by Crippen LogP contribution is 2.25. The van der Waals surface area contributed by atoms with Crippen molar-refractivity contribution in [2.75, 3.05) is 17.2 Å². The molecule has 7 nitrogen and oxygen atoms in total. The number of esters is 1. The number of hydrogen-bond acceptors (Lipinski definition) is 5. The Morgan fingerprint density at radius 1 is 0.714 bits per heavy atom. The normalized spacial score (nSPS) is 10.4. The van der Waals surface area contributed by atoms with E-state index in [4.69, 9.17) is 21.1 Å². The third-order valence-corrected chi connectivity index (χ3v) is 5.64. The van der Waals surface area contributed by atoms with Gasteiger partial charge in [0.2, 0.25) is 5.91 Å². The zero-order valence-corrected chi connectivity index (χ0v) is 20.6. The Morgan fingerprint density at radius 2 is 1.34 bits per heavy atom. The molecule has 0 aliphatic rings. The summed E-state index contributed by atoms with van der Waals surface area (Å²) in [5.41, 5.74) is 4.30. The Balaban J connectivity index is 1.38. The van der Waals surface area contributed by atoms with Crippen LogP contribution in [-0.2, 0) is 19.1 Å². The second kappa shape index (κ2) is 12.0. The van der Waals surface area contributed by atoms with Crippen molar-refractivity contribution in [3.63, 3.8) is 0 Å². The van der Waals surface area contributed by atoms with Crippen LogP contribution >= 0.6 is 11.6 Å². The lowest BCUT2D eigenvalue weighted by atomic mass is 10.1. The fourth-order valence-electron chi connectivity index (χ4n) is 3.04. The summed E-state index contributed by atoms with van der Waals surface area (Å²) in [6.45, 7) is 5.46. The summed E-state index contributed by atoms with van der Waals surface area (Å²) in [5, 5.41) is 5.84. The largest absolute Gasteiger partial charge is 0.457 e. The lowest BCUT2D eigenvalue weighted by Gasteiger charge is -2.10. The van der Waals surface area contributed by atoms with Gasteiger partial charge in [-0.1, -0.05) is 23.7 Å². The van der Waals surface area contributed by atoms with Crippen LogP contribution in [0.5, 0.6) is 11.5 Å². The summed E-state index contributed by atoms with van der Waals surface area (Å²) >= 11 is 6.02. The van der Waals surface area contributed by atoms with Crippen LogP contribution in [0.2, 0.25) is 5.02 Å². The zero-order valence-electron chi connectivity index (χ0n) is 19.8. The number of nitrogens with one attached hydrogen (secondary N) is 2. The SMILES string of the molecule is Cc1ccc(Oc2ccc(NC(=O)CCC(=O)OCC(=O)Nc3ccc(C)c(Cl)c3)cc2)cc1C. The van der Waals surface area contributed by atoms with E-state index in [1.54, 1.807) is 42.5 Å². The number of hydrogen-bond donors (Lipinski definition) is 2. The van der Waals surface area contributed by atoms with Crippen LogP contribution in [0.1, 0.15) is 29.5 Å². The van der Waals surface area contributed by atoms with Gasteiger partial charge in [0, 0.05) is 22.8 Å². The van der Waals surface area contributed by atoms with Crippen molar-refractivity contribution >= 4 is 40.8 Å². The summed E-state index contributed by atoms with van der Waals surface area (Å²) in [6.07, 6.45) is -0.224. The Bertz CT molecular complexity index is 1220. The summed E-state index contributed by atoms with van der Waals surface area (Å²) in [5.74, 6) is -0.107. The van der Waals surface area contributed by atoms with Crippen molar-refractivity contribution in [2.45, 2.75) is 33.6 Å². The minimum absolute atomic E-state index is 0.0745. The molecule has 0 fully saturated rings. The van der Waals surface area contributed by atoms with Gasteiger partial charge in [0.15, 0.2) is 6.61 Å². The van der Waals surface area contributed by atoms with Gasteiger partial charge in [-0.15, -0.1) is 0 Å². The van der Waals surface area contributed by atoms with Crippen molar-refractivity contribution in [2.24, 2.45) is 0 Å². The molecule has 2 amide bonds. The number of carbonyl (C=O) groups is 3. The van der Waals surface area contributed by atoms with Crippen molar-refractivity contribution in [1.82, 2.24) is 0 Å². The maximum atomic E-state index is 12.2. The molecule has 8 heteroatoms. The van der Waals surface area contributed by atoms with E-state index < -0.39 is 18.5 Å². The monoisotopic (exact) mass is 494 g/mol. The minimum atomic E-state index is -0.644. The van der Waals surface area contributed by atoms with Crippen LogP contribution in [-0.4, -0.2) is 24.4 Å². The van der Waals surface area contributed by atoms with E-state index in [-0.39, 0.29) is 18.7 Å². The molecule has 35 heavy (non-hydrogen) atoms. The van der Waals surface area contributed by atoms with Crippen molar-refractivity contribution in [1.29, 1.82) is 0 Å². The first-order valence-corrected chi connectivity index (χ1v) is 11.4. The Morgan fingerprint density at radius 3 is 2.03 bits per heavy atom. The Hall–Kier alpha value is -3.84. The zero-order chi connectivity index (χ0) is 25.4. The predicted molar refractivity (Wildman–Crippen MR) is 136 cm³/mol. The van der Waals surface area contributed by atoms with Gasteiger partial charge in [0.05, 0.1) is 6.42 Å². The first-order valence-electron chi connectivity index (χ1n) is 11.1. The fourth-order valence-corrected chi connectivity index (χ4v) is 3.23. The fraction of sp³-hybridized carbons (Fsp3) is 0.222. The van der Waals surface area contributed by atoms with Gasteiger partial charge in [-0.2, -0.15) is 0 Å². The molecule has 0 aliphatic heterocycles. The number of amides is 2. The molecule has 0 radical (unpaired) electrons. The van der Waals surface area contributed by atoms with E-state index in [1.165, 1.54) is 5.56 Å². The molecule has 3 aromatic rings. The molecular formula is C27H27ClN2O5. The Labute approximate surface area is 209 Å². The molecule has 0 aliphatic carbocycles. The van der Waals surface area contributed by atoms with E-state index in [0.29, 0.717) is 22.1 Å². The molecule has 0 bridgehead atoms. The van der Waals surface area contributed by atoms with Crippen LogP contribution in [0.15, 0.2) is 60.7 Å². The number of ether oxygens (including phenoxy) is 2. The van der Waals surface area contributed by atoms with Crippen LogP contribution < -0.4 is 15.4 Å². The number of carbonyl (C=O) groups excluding carboxylic acids is 3. The topological polar surface area (TPSA) is 93.7 Å². The van der Waals surface area contributed by atoms with E-state index in [9.17, 15) is 14.4 Å². The molecule has 2 N–H and O–H groups in total. The van der Waals surface area contributed by atoms with Gasteiger partial charge in [-0.3, -0.25) is 14.4 Å².